The highest BCUT2D eigenvalue weighted by atomic mass is 32.2. The van der Waals surface area contributed by atoms with Gasteiger partial charge < -0.3 is 0 Å². The molecule has 0 amide bonds. The number of hydrogen-bond acceptors (Lipinski definition) is 2. The summed E-state index contributed by atoms with van der Waals surface area (Å²) in [5.74, 6) is 0.767. The Bertz CT molecular complexity index is 408. The quantitative estimate of drug-likeness (QED) is 0.716. The van der Waals surface area contributed by atoms with E-state index in [0.29, 0.717) is 4.90 Å². The highest BCUT2D eigenvalue weighted by molar-refractivity contribution is 7.99. The van der Waals surface area contributed by atoms with Gasteiger partial charge in [-0.1, -0.05) is 20.8 Å². The topological polar surface area (TPSA) is 23.8 Å². The smallest absolute Gasteiger partial charge is 0.192 e. The first-order valence-corrected chi connectivity index (χ1v) is 6.71. The van der Waals surface area contributed by atoms with Crippen LogP contribution in [0.1, 0.15) is 38.3 Å². The number of thioether (sulfide) groups is 1. The highest BCUT2D eigenvalue weighted by Crippen LogP contribution is 2.34. The first-order valence-electron chi connectivity index (χ1n) is 5.73. The number of nitrogens with zero attached hydrogens (tertiary/aromatic N) is 1. The lowest BCUT2D eigenvalue weighted by Gasteiger charge is -2.10. The van der Waals surface area contributed by atoms with Gasteiger partial charge in [-0.2, -0.15) is 18.4 Å². The molecule has 1 rings (SSSR count). The summed E-state index contributed by atoms with van der Waals surface area (Å²) in [7, 11) is 0. The third-order valence-corrected chi connectivity index (χ3v) is 3.09. The van der Waals surface area contributed by atoms with Gasteiger partial charge in [0.25, 0.3) is 0 Å². The number of alkyl halides is 3. The predicted octanol–water partition coefficient (Wildman–Crippen LogP) is 5.11. The van der Waals surface area contributed by atoms with Crippen LogP contribution in [-0.4, -0.2) is 5.75 Å². The van der Waals surface area contributed by atoms with Crippen molar-refractivity contribution in [3.63, 3.8) is 0 Å². The number of rotatable bonds is 3. The van der Waals surface area contributed by atoms with E-state index in [-0.39, 0.29) is 5.56 Å². The van der Waals surface area contributed by atoms with Crippen molar-refractivity contribution in [2.24, 2.45) is 0 Å². The molecule has 0 spiro atoms. The van der Waals surface area contributed by atoms with E-state index >= 15 is 0 Å². The van der Waals surface area contributed by atoms with Gasteiger partial charge in [0, 0.05) is 4.90 Å². The molecule has 0 N–H and O–H groups in total. The molecule has 0 fully saturated rings. The molecule has 0 saturated heterocycles. The third kappa shape index (κ3) is 5.01. The standard InChI is InChI=1S/C11H10F3NS.C2H6/c1-2-5-16-9-4-3-8(7-15)10(6-9)11(12,13)14;1-2/h3-4,6H,2,5H2,1H3;1-2H3. The second kappa shape index (κ2) is 8.04. The van der Waals surface area contributed by atoms with Gasteiger partial charge >= 0.3 is 6.18 Å². The van der Waals surface area contributed by atoms with Gasteiger partial charge in [0.15, 0.2) is 0 Å². The largest absolute Gasteiger partial charge is 0.417 e. The summed E-state index contributed by atoms with van der Waals surface area (Å²) in [5.41, 5.74) is -1.18. The fourth-order valence-corrected chi connectivity index (χ4v) is 1.97. The van der Waals surface area contributed by atoms with Crippen molar-refractivity contribution in [2.45, 2.75) is 38.3 Å². The Morgan fingerprint density at radius 2 is 1.89 bits per heavy atom. The van der Waals surface area contributed by atoms with Crippen molar-refractivity contribution >= 4 is 11.8 Å². The molecule has 0 aliphatic heterocycles. The van der Waals surface area contributed by atoms with Crippen molar-refractivity contribution < 1.29 is 13.2 Å². The Kier molecular flexibility index (Phi) is 7.53. The molecular formula is C13H16F3NS. The van der Waals surface area contributed by atoms with Crippen LogP contribution in [0.4, 0.5) is 13.2 Å². The van der Waals surface area contributed by atoms with Gasteiger partial charge in [0.05, 0.1) is 17.2 Å². The molecule has 1 aromatic carbocycles. The lowest BCUT2D eigenvalue weighted by atomic mass is 10.1. The molecule has 1 aromatic rings. The van der Waals surface area contributed by atoms with Crippen LogP contribution in [0.5, 0.6) is 0 Å². The van der Waals surface area contributed by atoms with Crippen LogP contribution in [0.15, 0.2) is 23.1 Å². The van der Waals surface area contributed by atoms with Crippen molar-refractivity contribution in [3.8, 4) is 6.07 Å². The molecule has 0 atom stereocenters. The highest BCUT2D eigenvalue weighted by Gasteiger charge is 2.33. The van der Waals surface area contributed by atoms with E-state index in [0.717, 1.165) is 18.2 Å². The van der Waals surface area contributed by atoms with Gasteiger partial charge in [-0.15, -0.1) is 11.8 Å². The molecule has 0 aliphatic carbocycles. The third-order valence-electron chi connectivity index (χ3n) is 1.89. The van der Waals surface area contributed by atoms with E-state index in [1.807, 2.05) is 20.8 Å². The summed E-state index contributed by atoms with van der Waals surface area (Å²) in [4.78, 5) is 0.549. The first kappa shape index (κ1) is 16.9. The zero-order valence-corrected chi connectivity index (χ0v) is 11.5. The molecule has 0 aromatic heterocycles. The SMILES string of the molecule is CC.CCCSc1ccc(C#N)c(C(F)(F)F)c1. The summed E-state index contributed by atoms with van der Waals surface area (Å²) in [6, 6.07) is 5.37. The molecule has 1 nitrogen and oxygen atoms in total. The summed E-state index contributed by atoms with van der Waals surface area (Å²) >= 11 is 1.36. The number of nitriles is 1. The summed E-state index contributed by atoms with van der Waals surface area (Å²) in [5, 5.41) is 8.59. The average molecular weight is 275 g/mol. The van der Waals surface area contributed by atoms with E-state index in [2.05, 4.69) is 0 Å². The van der Waals surface area contributed by atoms with Crippen molar-refractivity contribution in [1.82, 2.24) is 0 Å². The maximum atomic E-state index is 12.6. The zero-order chi connectivity index (χ0) is 14.2. The van der Waals surface area contributed by atoms with Gasteiger partial charge in [-0.3, -0.25) is 0 Å². The van der Waals surface area contributed by atoms with Crippen molar-refractivity contribution in [2.75, 3.05) is 5.75 Å². The molecule has 5 heteroatoms. The lowest BCUT2D eigenvalue weighted by Crippen LogP contribution is -2.07. The fraction of sp³-hybridized carbons (Fsp3) is 0.462. The Hall–Kier alpha value is -1.15. The molecule has 0 aliphatic rings. The maximum Gasteiger partial charge on any atom is 0.417 e. The van der Waals surface area contributed by atoms with Crippen molar-refractivity contribution in [3.05, 3.63) is 29.3 Å². The van der Waals surface area contributed by atoms with E-state index in [9.17, 15) is 13.2 Å². The van der Waals surface area contributed by atoms with Crippen LogP contribution in [0, 0.1) is 11.3 Å². The van der Waals surface area contributed by atoms with Crippen LogP contribution < -0.4 is 0 Å². The van der Waals surface area contributed by atoms with E-state index in [1.165, 1.54) is 17.8 Å². The second-order valence-corrected chi connectivity index (χ2v) is 4.33. The molecular weight excluding hydrogens is 259 g/mol. The van der Waals surface area contributed by atoms with Crippen LogP contribution >= 0.6 is 11.8 Å². The normalized spacial score (nSPS) is 10.3. The minimum absolute atomic E-state index is 0.326. The molecule has 0 radical (unpaired) electrons. The van der Waals surface area contributed by atoms with Crippen LogP contribution in [0.2, 0.25) is 0 Å². The first-order chi connectivity index (χ1) is 8.49. The minimum atomic E-state index is -4.46. The number of hydrogen-bond donors (Lipinski definition) is 0. The number of benzene rings is 1. The lowest BCUT2D eigenvalue weighted by molar-refractivity contribution is -0.137. The average Bonchev–Trinajstić information content (AvgIpc) is 2.37. The van der Waals surface area contributed by atoms with E-state index < -0.39 is 11.7 Å². The molecule has 18 heavy (non-hydrogen) atoms. The van der Waals surface area contributed by atoms with Crippen LogP contribution in [0.3, 0.4) is 0 Å². The Labute approximate surface area is 110 Å². The second-order valence-electron chi connectivity index (χ2n) is 3.17. The molecule has 0 saturated carbocycles. The van der Waals surface area contributed by atoms with Crippen LogP contribution in [-0.2, 0) is 6.18 Å². The van der Waals surface area contributed by atoms with E-state index in [4.69, 9.17) is 5.26 Å². The monoisotopic (exact) mass is 275 g/mol. The fourth-order valence-electron chi connectivity index (χ4n) is 1.17. The van der Waals surface area contributed by atoms with Gasteiger partial charge in [0.2, 0.25) is 0 Å². The predicted molar refractivity (Wildman–Crippen MR) is 68.5 cm³/mol. The number of halogens is 3. The summed E-state index contributed by atoms with van der Waals surface area (Å²) in [6.45, 7) is 5.96. The Morgan fingerprint density at radius 1 is 1.28 bits per heavy atom. The zero-order valence-electron chi connectivity index (χ0n) is 10.6. The molecule has 0 bridgehead atoms. The molecule has 0 heterocycles. The minimum Gasteiger partial charge on any atom is -0.192 e. The van der Waals surface area contributed by atoms with Gasteiger partial charge in [0.1, 0.15) is 0 Å². The summed E-state index contributed by atoms with van der Waals surface area (Å²) in [6.07, 6.45) is -3.57. The summed E-state index contributed by atoms with van der Waals surface area (Å²) < 4.78 is 37.7. The molecule has 0 unspecified atom stereocenters. The van der Waals surface area contributed by atoms with E-state index in [1.54, 1.807) is 12.1 Å². The Balaban J connectivity index is 0.00000137. The van der Waals surface area contributed by atoms with Gasteiger partial charge in [-0.25, -0.2) is 0 Å². The van der Waals surface area contributed by atoms with Crippen molar-refractivity contribution in [1.29, 1.82) is 5.26 Å². The maximum absolute atomic E-state index is 12.6. The Morgan fingerprint density at radius 3 is 2.33 bits per heavy atom. The van der Waals surface area contributed by atoms with Crippen LogP contribution in [0.25, 0.3) is 0 Å². The van der Waals surface area contributed by atoms with Gasteiger partial charge in [-0.05, 0) is 30.4 Å². The molecule has 100 valence electrons.